The number of nitro groups is 1. The normalized spacial score (nSPS) is 11.8. The summed E-state index contributed by atoms with van der Waals surface area (Å²) in [5, 5.41) is 16.2. The van der Waals surface area contributed by atoms with Gasteiger partial charge in [-0.1, -0.05) is 32.9 Å². The van der Waals surface area contributed by atoms with Crippen molar-refractivity contribution in [2.45, 2.75) is 32.4 Å². The highest BCUT2D eigenvalue weighted by molar-refractivity contribution is 5.63. The molecule has 162 valence electrons. The first-order valence-electron chi connectivity index (χ1n) is 9.27. The highest BCUT2D eigenvalue weighted by atomic mass is 19.4. The summed E-state index contributed by atoms with van der Waals surface area (Å²) in [5.74, 6) is -0.494. The summed E-state index contributed by atoms with van der Waals surface area (Å²) in [6.45, 7) is 6.12. The Morgan fingerprint density at radius 1 is 0.903 bits per heavy atom. The molecular formula is C21H20F3N5O2. The van der Waals surface area contributed by atoms with Crippen molar-refractivity contribution in [1.29, 1.82) is 0 Å². The molecule has 3 rings (SSSR count). The van der Waals surface area contributed by atoms with Crippen LogP contribution >= 0.6 is 0 Å². The zero-order valence-corrected chi connectivity index (χ0v) is 17.0. The summed E-state index contributed by atoms with van der Waals surface area (Å²) in [5.41, 5.74) is 0.662. The van der Waals surface area contributed by atoms with Crippen molar-refractivity contribution in [1.82, 2.24) is 9.97 Å². The minimum atomic E-state index is -4.65. The van der Waals surface area contributed by atoms with Gasteiger partial charge >= 0.3 is 6.18 Å². The second kappa shape index (κ2) is 8.21. The van der Waals surface area contributed by atoms with Crippen LogP contribution in [0.3, 0.4) is 0 Å². The number of hydrogen-bond donors (Lipinski definition) is 2. The molecule has 0 radical (unpaired) electrons. The van der Waals surface area contributed by atoms with Gasteiger partial charge in [-0.2, -0.15) is 18.2 Å². The Balaban J connectivity index is 1.89. The van der Waals surface area contributed by atoms with Crippen LogP contribution in [0, 0.1) is 10.1 Å². The van der Waals surface area contributed by atoms with Gasteiger partial charge in [0, 0.05) is 29.7 Å². The third-order valence-electron chi connectivity index (χ3n) is 4.44. The van der Waals surface area contributed by atoms with Crippen molar-refractivity contribution >= 4 is 28.8 Å². The minimum Gasteiger partial charge on any atom is -0.340 e. The lowest BCUT2D eigenvalue weighted by molar-refractivity contribution is -0.384. The Labute approximate surface area is 176 Å². The molecular weight excluding hydrogens is 411 g/mol. The van der Waals surface area contributed by atoms with Crippen LogP contribution in [-0.2, 0) is 11.6 Å². The number of non-ortho nitro benzene ring substituents is 1. The molecule has 0 amide bonds. The minimum absolute atomic E-state index is 0.0873. The molecule has 3 aromatic rings. The number of benzene rings is 2. The predicted molar refractivity (Wildman–Crippen MR) is 112 cm³/mol. The van der Waals surface area contributed by atoms with E-state index in [0.717, 1.165) is 5.56 Å². The van der Waals surface area contributed by atoms with Crippen LogP contribution in [0.1, 0.15) is 31.9 Å². The van der Waals surface area contributed by atoms with Gasteiger partial charge in [-0.15, -0.1) is 0 Å². The number of aromatic nitrogens is 2. The van der Waals surface area contributed by atoms with Crippen molar-refractivity contribution in [3.63, 3.8) is 0 Å². The van der Waals surface area contributed by atoms with Gasteiger partial charge in [-0.05, 0) is 35.2 Å². The largest absolute Gasteiger partial charge is 0.421 e. The van der Waals surface area contributed by atoms with Crippen molar-refractivity contribution in [2.24, 2.45) is 0 Å². The van der Waals surface area contributed by atoms with E-state index < -0.39 is 22.5 Å². The molecule has 0 unspecified atom stereocenters. The molecule has 1 aromatic heterocycles. The summed E-state index contributed by atoms with van der Waals surface area (Å²) < 4.78 is 40.3. The van der Waals surface area contributed by atoms with Gasteiger partial charge in [0.15, 0.2) is 0 Å². The van der Waals surface area contributed by atoms with E-state index >= 15 is 0 Å². The Morgan fingerprint density at radius 2 is 1.45 bits per heavy atom. The summed E-state index contributed by atoms with van der Waals surface area (Å²) in [7, 11) is 0. The maximum Gasteiger partial charge on any atom is 0.421 e. The number of anilines is 4. The van der Waals surface area contributed by atoms with E-state index in [4.69, 9.17) is 0 Å². The Morgan fingerprint density at radius 3 is 1.97 bits per heavy atom. The number of rotatable bonds is 5. The molecule has 0 saturated carbocycles. The summed E-state index contributed by atoms with van der Waals surface area (Å²) in [6, 6.07) is 12.4. The molecule has 7 nitrogen and oxygen atoms in total. The van der Waals surface area contributed by atoms with Crippen LogP contribution in [0.25, 0.3) is 0 Å². The van der Waals surface area contributed by atoms with E-state index in [1.165, 1.54) is 24.3 Å². The average Bonchev–Trinajstić information content (AvgIpc) is 2.67. The van der Waals surface area contributed by atoms with E-state index in [9.17, 15) is 23.3 Å². The molecule has 0 aliphatic carbocycles. The number of nitrogens with one attached hydrogen (secondary N) is 2. The third-order valence-corrected chi connectivity index (χ3v) is 4.44. The zero-order valence-electron chi connectivity index (χ0n) is 17.0. The lowest BCUT2D eigenvalue weighted by Gasteiger charge is -2.20. The third kappa shape index (κ3) is 5.47. The lowest BCUT2D eigenvalue weighted by atomic mass is 9.87. The van der Waals surface area contributed by atoms with E-state index in [2.05, 4.69) is 20.6 Å². The fraction of sp³-hybridized carbons (Fsp3) is 0.238. The first-order chi connectivity index (χ1) is 14.4. The van der Waals surface area contributed by atoms with E-state index in [0.29, 0.717) is 17.6 Å². The Hall–Kier alpha value is -3.69. The predicted octanol–water partition coefficient (Wildman–Crippen LogP) is 6.19. The van der Waals surface area contributed by atoms with Crippen LogP contribution < -0.4 is 10.6 Å². The molecule has 0 atom stereocenters. The van der Waals surface area contributed by atoms with Crippen LogP contribution in [0.15, 0.2) is 54.7 Å². The molecule has 2 N–H and O–H groups in total. The summed E-state index contributed by atoms with van der Waals surface area (Å²) in [6.07, 6.45) is -3.97. The zero-order chi connectivity index (χ0) is 22.8. The van der Waals surface area contributed by atoms with E-state index in [1.54, 1.807) is 12.1 Å². The molecule has 1 heterocycles. The molecule has 0 fully saturated rings. The maximum atomic E-state index is 13.4. The number of nitrogens with zero attached hydrogens (tertiary/aromatic N) is 3. The fourth-order valence-corrected chi connectivity index (χ4v) is 2.73. The number of halogens is 3. The standard InChI is InChI=1S/C21H20F3N5O2/c1-20(2,3)13-4-6-14(7-5-13)26-18-17(21(22,23)24)12-25-19(28-18)27-15-8-10-16(11-9-15)29(30)31/h4-12H,1-3H3,(H2,25,26,27,28). The van der Waals surface area contributed by atoms with Crippen LogP contribution in [0.4, 0.5) is 42.0 Å². The molecule has 2 aromatic carbocycles. The second-order valence-electron chi connectivity index (χ2n) is 7.83. The molecule has 0 bridgehead atoms. The highest BCUT2D eigenvalue weighted by Gasteiger charge is 2.35. The van der Waals surface area contributed by atoms with Crippen LogP contribution in [0.5, 0.6) is 0 Å². The van der Waals surface area contributed by atoms with Crippen molar-refractivity contribution < 1.29 is 18.1 Å². The number of nitro benzene ring substituents is 1. The average molecular weight is 431 g/mol. The molecule has 31 heavy (non-hydrogen) atoms. The van der Waals surface area contributed by atoms with E-state index in [-0.39, 0.29) is 17.1 Å². The van der Waals surface area contributed by atoms with Gasteiger partial charge in [0.1, 0.15) is 11.4 Å². The molecule has 0 aliphatic rings. The van der Waals surface area contributed by atoms with Crippen LogP contribution in [-0.4, -0.2) is 14.9 Å². The first kappa shape index (κ1) is 22.0. The summed E-state index contributed by atoms with van der Waals surface area (Å²) >= 11 is 0. The van der Waals surface area contributed by atoms with Crippen molar-refractivity contribution in [3.05, 3.63) is 76.0 Å². The van der Waals surface area contributed by atoms with Gasteiger partial charge in [0.25, 0.3) is 5.69 Å². The molecule has 0 aliphatic heterocycles. The highest BCUT2D eigenvalue weighted by Crippen LogP contribution is 2.35. The Bertz CT molecular complexity index is 1080. The van der Waals surface area contributed by atoms with Crippen molar-refractivity contribution in [3.8, 4) is 0 Å². The quantitative estimate of drug-likeness (QED) is 0.370. The van der Waals surface area contributed by atoms with Gasteiger partial charge in [-0.25, -0.2) is 4.98 Å². The van der Waals surface area contributed by atoms with Gasteiger partial charge in [0.2, 0.25) is 5.95 Å². The molecule has 10 heteroatoms. The van der Waals surface area contributed by atoms with Crippen molar-refractivity contribution in [2.75, 3.05) is 10.6 Å². The van der Waals surface area contributed by atoms with Gasteiger partial charge < -0.3 is 10.6 Å². The first-order valence-corrected chi connectivity index (χ1v) is 9.27. The lowest BCUT2D eigenvalue weighted by Crippen LogP contribution is -2.13. The van der Waals surface area contributed by atoms with Crippen LogP contribution in [0.2, 0.25) is 0 Å². The fourth-order valence-electron chi connectivity index (χ4n) is 2.73. The Kier molecular flexibility index (Phi) is 5.83. The second-order valence-corrected chi connectivity index (χ2v) is 7.83. The number of alkyl halides is 3. The van der Waals surface area contributed by atoms with Gasteiger partial charge in [-0.3, -0.25) is 10.1 Å². The molecule has 0 spiro atoms. The molecule has 0 saturated heterocycles. The number of hydrogen-bond acceptors (Lipinski definition) is 6. The smallest absolute Gasteiger partial charge is 0.340 e. The van der Waals surface area contributed by atoms with Gasteiger partial charge in [0.05, 0.1) is 4.92 Å². The topological polar surface area (TPSA) is 93.0 Å². The maximum absolute atomic E-state index is 13.4. The van der Waals surface area contributed by atoms with E-state index in [1.807, 2.05) is 32.9 Å². The monoisotopic (exact) mass is 431 g/mol. The summed E-state index contributed by atoms with van der Waals surface area (Å²) in [4.78, 5) is 17.9. The SMILES string of the molecule is CC(C)(C)c1ccc(Nc2nc(Nc3ccc([N+](=O)[O-])cc3)ncc2C(F)(F)F)cc1.